The number of amides is 1. The van der Waals surface area contributed by atoms with Gasteiger partial charge in [-0.25, -0.2) is 4.98 Å². The number of aryl methyl sites for hydroxylation is 1. The number of hydrogen-bond donors (Lipinski definition) is 2. The lowest BCUT2D eigenvalue weighted by atomic mass is 10.0. The fourth-order valence-corrected chi connectivity index (χ4v) is 2.49. The van der Waals surface area contributed by atoms with Crippen LogP contribution >= 0.6 is 0 Å². The molecule has 6 nitrogen and oxygen atoms in total. The van der Waals surface area contributed by atoms with Crippen molar-refractivity contribution in [1.29, 1.82) is 5.26 Å². The number of carboxylic acid groups (broad SMARTS) is 1. The normalized spacial score (nSPS) is 11.4. The van der Waals surface area contributed by atoms with Gasteiger partial charge in [-0.05, 0) is 37.5 Å². The molecule has 1 aromatic heterocycles. The minimum atomic E-state index is -0.903. The van der Waals surface area contributed by atoms with E-state index in [1.807, 2.05) is 36.4 Å². The minimum Gasteiger partial charge on any atom is -0.481 e. The molecule has 2 N–H and O–H groups in total. The zero-order valence-electron chi connectivity index (χ0n) is 13.9. The number of carbonyl (C=O) groups is 2. The Labute approximate surface area is 146 Å². The largest absolute Gasteiger partial charge is 0.481 e. The Morgan fingerprint density at radius 3 is 2.56 bits per heavy atom. The first-order chi connectivity index (χ1) is 12.0. The number of nitrogens with one attached hydrogen (secondary N) is 1. The number of aliphatic carboxylic acids is 1. The highest BCUT2D eigenvalue weighted by Gasteiger charge is 2.17. The number of rotatable bonds is 7. The van der Waals surface area contributed by atoms with Crippen LogP contribution in [0, 0.1) is 18.3 Å². The monoisotopic (exact) mass is 337 g/mol. The van der Waals surface area contributed by atoms with Crippen molar-refractivity contribution in [2.75, 3.05) is 0 Å². The van der Waals surface area contributed by atoms with Gasteiger partial charge in [0.15, 0.2) is 0 Å². The molecular weight excluding hydrogens is 318 g/mol. The van der Waals surface area contributed by atoms with Gasteiger partial charge in [-0.3, -0.25) is 9.59 Å². The van der Waals surface area contributed by atoms with Crippen molar-refractivity contribution in [3.8, 4) is 6.07 Å². The number of benzene rings is 1. The highest BCUT2D eigenvalue weighted by atomic mass is 16.4. The standard InChI is InChI=1S/C19H19N3O3/c1-13-15(12-20)7-9-17(21-13)19(25)22-16(8-10-18(23)24)11-14-5-3-2-4-6-14/h2-7,9,16H,8,10-11H2,1H3,(H,22,25)(H,23,24). The smallest absolute Gasteiger partial charge is 0.303 e. The van der Waals surface area contributed by atoms with Crippen molar-refractivity contribution in [2.45, 2.75) is 32.2 Å². The summed E-state index contributed by atoms with van der Waals surface area (Å²) < 4.78 is 0. The number of nitriles is 1. The maximum atomic E-state index is 12.4. The Bertz CT molecular complexity index is 797. The molecule has 1 amide bonds. The summed E-state index contributed by atoms with van der Waals surface area (Å²) in [4.78, 5) is 27.5. The van der Waals surface area contributed by atoms with Gasteiger partial charge in [0.25, 0.3) is 5.91 Å². The molecule has 0 aliphatic rings. The molecule has 0 spiro atoms. The van der Waals surface area contributed by atoms with Crippen molar-refractivity contribution in [3.05, 3.63) is 65.0 Å². The van der Waals surface area contributed by atoms with E-state index >= 15 is 0 Å². The summed E-state index contributed by atoms with van der Waals surface area (Å²) in [6.07, 6.45) is 0.831. The van der Waals surface area contributed by atoms with E-state index in [4.69, 9.17) is 10.4 Å². The first-order valence-electron chi connectivity index (χ1n) is 7.94. The van der Waals surface area contributed by atoms with E-state index in [1.165, 1.54) is 6.07 Å². The summed E-state index contributed by atoms with van der Waals surface area (Å²) >= 11 is 0. The fraction of sp³-hybridized carbons (Fsp3) is 0.263. The summed E-state index contributed by atoms with van der Waals surface area (Å²) in [6, 6.07) is 14.3. The summed E-state index contributed by atoms with van der Waals surface area (Å²) in [5, 5.41) is 20.7. The van der Waals surface area contributed by atoms with Crippen LogP contribution in [0.15, 0.2) is 42.5 Å². The van der Waals surface area contributed by atoms with Crippen LogP contribution in [0.4, 0.5) is 0 Å². The van der Waals surface area contributed by atoms with Gasteiger partial charge >= 0.3 is 5.97 Å². The van der Waals surface area contributed by atoms with Gasteiger partial charge in [0.1, 0.15) is 11.8 Å². The van der Waals surface area contributed by atoms with Crippen LogP contribution in [0.2, 0.25) is 0 Å². The molecule has 25 heavy (non-hydrogen) atoms. The van der Waals surface area contributed by atoms with Crippen molar-refractivity contribution >= 4 is 11.9 Å². The van der Waals surface area contributed by atoms with E-state index in [0.29, 0.717) is 24.1 Å². The van der Waals surface area contributed by atoms with Crippen molar-refractivity contribution in [2.24, 2.45) is 0 Å². The van der Waals surface area contributed by atoms with E-state index in [9.17, 15) is 9.59 Å². The average Bonchev–Trinajstić information content (AvgIpc) is 2.60. The number of carboxylic acids is 1. The zero-order valence-corrected chi connectivity index (χ0v) is 13.9. The Hall–Kier alpha value is -3.20. The Kier molecular flexibility index (Phi) is 6.24. The van der Waals surface area contributed by atoms with Crippen LogP contribution in [0.1, 0.15) is 40.2 Å². The predicted molar refractivity (Wildman–Crippen MR) is 92.0 cm³/mol. The molecule has 0 saturated heterocycles. The molecular formula is C19H19N3O3. The lowest BCUT2D eigenvalue weighted by Gasteiger charge is -2.18. The summed E-state index contributed by atoms with van der Waals surface area (Å²) in [5.74, 6) is -1.28. The first kappa shape index (κ1) is 18.1. The van der Waals surface area contributed by atoms with Crippen molar-refractivity contribution < 1.29 is 14.7 Å². The molecule has 1 aromatic carbocycles. The SMILES string of the molecule is Cc1nc(C(=O)NC(CCC(=O)O)Cc2ccccc2)ccc1C#N. The van der Waals surface area contributed by atoms with E-state index < -0.39 is 5.97 Å². The molecule has 0 bridgehead atoms. The number of pyridine rings is 1. The topological polar surface area (TPSA) is 103 Å². The molecule has 6 heteroatoms. The molecule has 2 aromatic rings. The van der Waals surface area contributed by atoms with Gasteiger partial charge in [-0.1, -0.05) is 30.3 Å². The second kappa shape index (κ2) is 8.60. The van der Waals surface area contributed by atoms with Gasteiger partial charge in [0, 0.05) is 12.5 Å². The third-order valence-corrected chi connectivity index (χ3v) is 3.81. The molecule has 1 heterocycles. The van der Waals surface area contributed by atoms with Crippen molar-refractivity contribution in [3.63, 3.8) is 0 Å². The van der Waals surface area contributed by atoms with Crippen molar-refractivity contribution in [1.82, 2.24) is 10.3 Å². The molecule has 2 rings (SSSR count). The van der Waals surface area contributed by atoms with Crippen LogP contribution in [0.5, 0.6) is 0 Å². The highest BCUT2D eigenvalue weighted by Crippen LogP contribution is 2.10. The molecule has 128 valence electrons. The van der Waals surface area contributed by atoms with E-state index in [2.05, 4.69) is 10.3 Å². The quantitative estimate of drug-likeness (QED) is 0.808. The molecule has 1 unspecified atom stereocenters. The third kappa shape index (κ3) is 5.43. The van der Waals surface area contributed by atoms with Crippen LogP contribution in [0.25, 0.3) is 0 Å². The number of nitrogens with zero attached hydrogens (tertiary/aromatic N) is 2. The van der Waals surface area contributed by atoms with E-state index in [1.54, 1.807) is 13.0 Å². The van der Waals surface area contributed by atoms with Crippen LogP contribution < -0.4 is 5.32 Å². The molecule has 0 radical (unpaired) electrons. The number of aromatic nitrogens is 1. The van der Waals surface area contributed by atoms with Crippen LogP contribution in [0.3, 0.4) is 0 Å². The minimum absolute atomic E-state index is 0.0302. The van der Waals surface area contributed by atoms with Crippen LogP contribution in [-0.4, -0.2) is 28.0 Å². The van der Waals surface area contributed by atoms with Gasteiger partial charge in [-0.15, -0.1) is 0 Å². The van der Waals surface area contributed by atoms with Crippen LogP contribution in [-0.2, 0) is 11.2 Å². The van der Waals surface area contributed by atoms with E-state index in [0.717, 1.165) is 5.56 Å². The number of carbonyl (C=O) groups excluding carboxylic acids is 1. The maximum Gasteiger partial charge on any atom is 0.303 e. The summed E-state index contributed by atoms with van der Waals surface area (Å²) in [6.45, 7) is 1.67. The third-order valence-electron chi connectivity index (χ3n) is 3.81. The second-order valence-corrected chi connectivity index (χ2v) is 5.73. The fourth-order valence-electron chi connectivity index (χ4n) is 2.49. The molecule has 1 atom stereocenters. The zero-order chi connectivity index (χ0) is 18.2. The molecule has 0 aliphatic heterocycles. The Morgan fingerprint density at radius 1 is 1.24 bits per heavy atom. The molecule has 0 aliphatic carbocycles. The number of hydrogen-bond acceptors (Lipinski definition) is 4. The predicted octanol–water partition coefficient (Wildman–Crippen LogP) is 2.47. The lowest BCUT2D eigenvalue weighted by Crippen LogP contribution is -2.37. The van der Waals surface area contributed by atoms with Gasteiger partial charge in [0.2, 0.25) is 0 Å². The highest BCUT2D eigenvalue weighted by molar-refractivity contribution is 5.92. The van der Waals surface area contributed by atoms with Gasteiger partial charge < -0.3 is 10.4 Å². The Balaban J connectivity index is 2.11. The second-order valence-electron chi connectivity index (χ2n) is 5.73. The summed E-state index contributed by atoms with van der Waals surface area (Å²) in [7, 11) is 0. The van der Waals surface area contributed by atoms with Gasteiger partial charge in [0.05, 0.1) is 11.3 Å². The average molecular weight is 337 g/mol. The maximum absolute atomic E-state index is 12.4. The lowest BCUT2D eigenvalue weighted by molar-refractivity contribution is -0.137. The van der Waals surface area contributed by atoms with E-state index in [-0.39, 0.29) is 24.1 Å². The molecule has 0 fully saturated rings. The Morgan fingerprint density at radius 2 is 1.96 bits per heavy atom. The molecule has 0 saturated carbocycles. The first-order valence-corrected chi connectivity index (χ1v) is 7.94. The summed E-state index contributed by atoms with van der Waals surface area (Å²) in [5.41, 5.74) is 2.13. The van der Waals surface area contributed by atoms with Gasteiger partial charge in [-0.2, -0.15) is 5.26 Å².